The zero-order valence-electron chi connectivity index (χ0n) is 15.9. The number of nitrogens with zero attached hydrogens (tertiary/aromatic N) is 2. The Labute approximate surface area is 164 Å². The molecule has 0 spiro atoms. The molecule has 144 valence electrons. The first-order valence-electron chi connectivity index (χ1n) is 9.63. The Kier molecular flexibility index (Phi) is 5.28. The number of H-pyrrole nitrogens is 1. The van der Waals surface area contributed by atoms with Gasteiger partial charge in [-0.05, 0) is 31.0 Å². The van der Waals surface area contributed by atoms with E-state index in [1.807, 2.05) is 43.3 Å². The number of carbonyl (C=O) groups excluding carboxylic acids is 1. The van der Waals surface area contributed by atoms with E-state index in [1.165, 1.54) is 0 Å². The van der Waals surface area contributed by atoms with Crippen molar-refractivity contribution in [3.8, 4) is 17.0 Å². The molecule has 28 heavy (non-hydrogen) atoms. The lowest BCUT2D eigenvalue weighted by Gasteiger charge is -2.17. The highest BCUT2D eigenvalue weighted by atomic mass is 16.5. The molecule has 0 unspecified atom stereocenters. The number of ether oxygens (including phenoxy) is 1. The quantitative estimate of drug-likeness (QED) is 0.691. The van der Waals surface area contributed by atoms with Crippen LogP contribution in [0.25, 0.3) is 11.3 Å². The number of aromatic amines is 1. The summed E-state index contributed by atoms with van der Waals surface area (Å²) in [5.74, 6) is 1.44. The highest BCUT2D eigenvalue weighted by molar-refractivity contribution is 5.97. The third-order valence-corrected chi connectivity index (χ3v) is 4.93. The van der Waals surface area contributed by atoms with Gasteiger partial charge in [0, 0.05) is 25.2 Å². The van der Waals surface area contributed by atoms with Gasteiger partial charge in [-0.1, -0.05) is 42.5 Å². The molecule has 1 amide bonds. The molecule has 0 saturated carbocycles. The van der Waals surface area contributed by atoms with Crippen molar-refractivity contribution in [3.05, 3.63) is 66.2 Å². The summed E-state index contributed by atoms with van der Waals surface area (Å²) in [6.07, 6.45) is 0.885. The van der Waals surface area contributed by atoms with E-state index >= 15 is 0 Å². The molecule has 1 fully saturated rings. The van der Waals surface area contributed by atoms with Gasteiger partial charge in [-0.15, -0.1) is 0 Å². The molecular formula is C22H24N4O2. The van der Waals surface area contributed by atoms with Gasteiger partial charge < -0.3 is 15.0 Å². The van der Waals surface area contributed by atoms with Crippen molar-refractivity contribution < 1.29 is 9.53 Å². The Balaban J connectivity index is 1.40. The Morgan fingerprint density at radius 2 is 2.00 bits per heavy atom. The van der Waals surface area contributed by atoms with Gasteiger partial charge in [0.2, 0.25) is 0 Å². The standard InChI is InChI=1S/C22H24N4O2/c1-2-28-20-11-7-6-10-18(20)22(27)23-17-12-13-26(15-17)21-14-19(24-25-21)16-8-4-3-5-9-16/h3-11,14,17H,2,12-13,15H2,1H3,(H,23,27)(H,24,25)/t17-/m0/s1. The third kappa shape index (κ3) is 3.86. The van der Waals surface area contributed by atoms with E-state index in [1.54, 1.807) is 6.07 Å². The Bertz CT molecular complexity index is 938. The predicted molar refractivity (Wildman–Crippen MR) is 110 cm³/mol. The van der Waals surface area contributed by atoms with Crippen LogP contribution in [0.1, 0.15) is 23.7 Å². The van der Waals surface area contributed by atoms with Gasteiger partial charge in [-0.2, -0.15) is 5.10 Å². The second-order valence-electron chi connectivity index (χ2n) is 6.84. The molecule has 2 aromatic carbocycles. The predicted octanol–water partition coefficient (Wildman–Crippen LogP) is 3.48. The third-order valence-electron chi connectivity index (χ3n) is 4.93. The maximum absolute atomic E-state index is 12.7. The van der Waals surface area contributed by atoms with Crippen molar-refractivity contribution in [2.45, 2.75) is 19.4 Å². The van der Waals surface area contributed by atoms with Gasteiger partial charge >= 0.3 is 0 Å². The van der Waals surface area contributed by atoms with Crippen LogP contribution < -0.4 is 15.0 Å². The summed E-state index contributed by atoms with van der Waals surface area (Å²) in [7, 11) is 0. The molecule has 2 N–H and O–H groups in total. The van der Waals surface area contributed by atoms with E-state index in [2.05, 4.69) is 38.6 Å². The molecule has 1 aromatic heterocycles. The second-order valence-corrected chi connectivity index (χ2v) is 6.84. The Morgan fingerprint density at radius 1 is 1.21 bits per heavy atom. The molecule has 2 heterocycles. The normalized spacial score (nSPS) is 16.2. The maximum atomic E-state index is 12.7. The number of anilines is 1. The van der Waals surface area contributed by atoms with Crippen LogP contribution in [0.2, 0.25) is 0 Å². The summed E-state index contributed by atoms with van der Waals surface area (Å²) >= 11 is 0. The number of amides is 1. The summed E-state index contributed by atoms with van der Waals surface area (Å²) in [5.41, 5.74) is 2.68. The first kappa shape index (κ1) is 18.1. The Hall–Kier alpha value is -3.28. The van der Waals surface area contributed by atoms with Gasteiger partial charge in [0.15, 0.2) is 5.82 Å². The molecule has 1 atom stereocenters. The zero-order chi connectivity index (χ0) is 19.3. The van der Waals surface area contributed by atoms with E-state index in [0.717, 1.165) is 36.6 Å². The fourth-order valence-corrected chi connectivity index (χ4v) is 3.52. The van der Waals surface area contributed by atoms with E-state index in [-0.39, 0.29) is 11.9 Å². The average molecular weight is 376 g/mol. The van der Waals surface area contributed by atoms with Crippen LogP contribution >= 0.6 is 0 Å². The Morgan fingerprint density at radius 3 is 2.82 bits per heavy atom. The molecule has 0 aliphatic carbocycles. The summed E-state index contributed by atoms with van der Waals surface area (Å²) in [6, 6.07) is 19.6. The van der Waals surface area contributed by atoms with Crippen molar-refractivity contribution in [3.63, 3.8) is 0 Å². The molecule has 3 aromatic rings. The number of hydrogen-bond donors (Lipinski definition) is 2. The van der Waals surface area contributed by atoms with Gasteiger partial charge in [0.25, 0.3) is 5.91 Å². The second kappa shape index (κ2) is 8.17. The molecule has 0 radical (unpaired) electrons. The van der Waals surface area contributed by atoms with Crippen LogP contribution in [0, 0.1) is 0 Å². The highest BCUT2D eigenvalue weighted by Gasteiger charge is 2.26. The van der Waals surface area contributed by atoms with Gasteiger partial charge in [0.1, 0.15) is 5.75 Å². The lowest BCUT2D eigenvalue weighted by atomic mass is 10.1. The van der Waals surface area contributed by atoms with Crippen LogP contribution in [-0.2, 0) is 0 Å². The van der Waals surface area contributed by atoms with Crippen molar-refractivity contribution in [2.24, 2.45) is 0 Å². The minimum Gasteiger partial charge on any atom is -0.493 e. The van der Waals surface area contributed by atoms with Crippen LogP contribution in [0.5, 0.6) is 5.75 Å². The molecule has 1 aliphatic rings. The largest absolute Gasteiger partial charge is 0.493 e. The molecule has 4 rings (SSSR count). The zero-order valence-corrected chi connectivity index (χ0v) is 15.9. The van der Waals surface area contributed by atoms with Crippen molar-refractivity contribution in [1.29, 1.82) is 0 Å². The molecule has 6 heteroatoms. The number of benzene rings is 2. The molecular weight excluding hydrogens is 352 g/mol. The fourth-order valence-electron chi connectivity index (χ4n) is 3.52. The number of para-hydroxylation sites is 1. The van der Waals surface area contributed by atoms with Crippen molar-refractivity contribution in [2.75, 3.05) is 24.6 Å². The van der Waals surface area contributed by atoms with Crippen LogP contribution in [0.3, 0.4) is 0 Å². The SMILES string of the molecule is CCOc1ccccc1C(=O)N[C@H]1CCN(c2cc(-c3ccccc3)[nH]n2)C1. The van der Waals surface area contributed by atoms with Gasteiger partial charge in [0.05, 0.1) is 17.9 Å². The molecule has 6 nitrogen and oxygen atoms in total. The van der Waals surface area contributed by atoms with Gasteiger partial charge in [-0.25, -0.2) is 0 Å². The summed E-state index contributed by atoms with van der Waals surface area (Å²) in [5, 5.41) is 10.7. The number of hydrogen-bond acceptors (Lipinski definition) is 4. The molecule has 0 bridgehead atoms. The lowest BCUT2D eigenvalue weighted by Crippen LogP contribution is -2.37. The average Bonchev–Trinajstić information content (AvgIpc) is 3.39. The highest BCUT2D eigenvalue weighted by Crippen LogP contribution is 2.25. The number of carbonyl (C=O) groups is 1. The lowest BCUT2D eigenvalue weighted by molar-refractivity contribution is 0.0936. The minimum absolute atomic E-state index is 0.0825. The van der Waals surface area contributed by atoms with Crippen LogP contribution in [-0.4, -0.2) is 41.8 Å². The fraction of sp³-hybridized carbons (Fsp3) is 0.273. The number of aromatic nitrogens is 2. The van der Waals surface area contributed by atoms with Crippen LogP contribution in [0.4, 0.5) is 5.82 Å². The summed E-state index contributed by atoms with van der Waals surface area (Å²) < 4.78 is 5.57. The first-order chi connectivity index (χ1) is 13.7. The molecule has 1 aliphatic heterocycles. The van der Waals surface area contributed by atoms with E-state index in [0.29, 0.717) is 17.9 Å². The number of rotatable bonds is 6. The number of nitrogens with one attached hydrogen (secondary N) is 2. The first-order valence-corrected chi connectivity index (χ1v) is 9.63. The monoisotopic (exact) mass is 376 g/mol. The van der Waals surface area contributed by atoms with Gasteiger partial charge in [-0.3, -0.25) is 9.89 Å². The topological polar surface area (TPSA) is 70.2 Å². The van der Waals surface area contributed by atoms with E-state index in [4.69, 9.17) is 4.74 Å². The van der Waals surface area contributed by atoms with E-state index in [9.17, 15) is 4.79 Å². The minimum atomic E-state index is -0.0945. The van der Waals surface area contributed by atoms with E-state index < -0.39 is 0 Å². The van der Waals surface area contributed by atoms with Crippen LogP contribution in [0.15, 0.2) is 60.7 Å². The smallest absolute Gasteiger partial charge is 0.255 e. The molecule has 1 saturated heterocycles. The maximum Gasteiger partial charge on any atom is 0.255 e. The summed E-state index contributed by atoms with van der Waals surface area (Å²) in [4.78, 5) is 14.9. The van der Waals surface area contributed by atoms with Crippen molar-refractivity contribution >= 4 is 11.7 Å². The van der Waals surface area contributed by atoms with Crippen molar-refractivity contribution in [1.82, 2.24) is 15.5 Å². The summed E-state index contributed by atoms with van der Waals surface area (Å²) in [6.45, 7) is 4.04.